The number of carbonyl (C=O) groups excluding carboxylic acids is 3. The zero-order chi connectivity index (χ0) is 24.9. The predicted octanol–water partition coefficient (Wildman–Crippen LogP) is 3.89. The fraction of sp³-hybridized carbons (Fsp3) is 0.625. The second-order valence-corrected chi connectivity index (χ2v) is 9.87. The molecular weight excluding hydrogens is 410 g/mol. The highest BCUT2D eigenvalue weighted by Crippen LogP contribution is 2.35. The van der Waals surface area contributed by atoms with Gasteiger partial charge in [0.15, 0.2) is 0 Å². The van der Waals surface area contributed by atoms with Crippen molar-refractivity contribution in [3.8, 4) is 5.75 Å². The van der Waals surface area contributed by atoms with Gasteiger partial charge in [-0.3, -0.25) is 9.59 Å². The topological polar surface area (TPSA) is 108 Å². The molecule has 0 spiro atoms. The standard InChI is InChI=1S/C24H39N3O5/c1-10-24(8,9)27(21(30)16(4)26-22(31)32-23(5,6)7)19(20(29)25-15(2)3)17-13-11-12-14-18(17)28/h11-16,19,28H,10H2,1-9H3,(H,25,29)(H,26,31). The zero-order valence-corrected chi connectivity index (χ0v) is 20.8. The number of carbonyl (C=O) groups is 3. The van der Waals surface area contributed by atoms with Gasteiger partial charge in [0, 0.05) is 17.1 Å². The Kier molecular flexibility index (Phi) is 9.12. The molecule has 8 nitrogen and oxygen atoms in total. The summed E-state index contributed by atoms with van der Waals surface area (Å²) in [6.45, 7) is 16.0. The highest BCUT2D eigenvalue weighted by Gasteiger charge is 2.43. The Balaban J connectivity index is 3.47. The second kappa shape index (κ2) is 10.7. The van der Waals surface area contributed by atoms with Crippen LogP contribution in [0.2, 0.25) is 0 Å². The summed E-state index contributed by atoms with van der Waals surface area (Å²) in [6.07, 6.45) is -0.185. The highest BCUT2D eigenvalue weighted by atomic mass is 16.6. The van der Waals surface area contributed by atoms with Gasteiger partial charge in [0.2, 0.25) is 11.8 Å². The van der Waals surface area contributed by atoms with E-state index in [2.05, 4.69) is 10.6 Å². The first-order chi connectivity index (χ1) is 14.6. The number of phenols is 1. The quantitative estimate of drug-likeness (QED) is 0.558. The van der Waals surface area contributed by atoms with Crippen LogP contribution in [0.4, 0.5) is 4.79 Å². The summed E-state index contributed by atoms with van der Waals surface area (Å²) in [6, 6.07) is 4.23. The van der Waals surface area contributed by atoms with Crippen LogP contribution in [0, 0.1) is 0 Å². The van der Waals surface area contributed by atoms with Gasteiger partial charge < -0.3 is 25.4 Å². The van der Waals surface area contributed by atoms with Crippen LogP contribution in [0.5, 0.6) is 5.75 Å². The van der Waals surface area contributed by atoms with Crippen molar-refractivity contribution >= 4 is 17.9 Å². The SMILES string of the molecule is CCC(C)(C)N(C(=O)C(C)NC(=O)OC(C)(C)C)C(C(=O)NC(C)C)c1ccccc1O. The second-order valence-electron chi connectivity index (χ2n) is 9.87. The fourth-order valence-electron chi connectivity index (χ4n) is 3.18. The van der Waals surface area contributed by atoms with E-state index < -0.39 is 41.1 Å². The molecule has 0 aliphatic heterocycles. The number of nitrogens with one attached hydrogen (secondary N) is 2. The maximum absolute atomic E-state index is 13.7. The monoisotopic (exact) mass is 449 g/mol. The Morgan fingerprint density at radius 2 is 1.59 bits per heavy atom. The Labute approximate surface area is 191 Å². The van der Waals surface area contributed by atoms with E-state index >= 15 is 0 Å². The van der Waals surface area contributed by atoms with Crippen LogP contribution in [0.25, 0.3) is 0 Å². The lowest BCUT2D eigenvalue weighted by atomic mass is 9.91. The minimum absolute atomic E-state index is 0.0890. The summed E-state index contributed by atoms with van der Waals surface area (Å²) in [5.74, 6) is -0.968. The highest BCUT2D eigenvalue weighted by molar-refractivity contribution is 5.93. The summed E-state index contributed by atoms with van der Waals surface area (Å²) in [5.41, 5.74) is -1.17. The summed E-state index contributed by atoms with van der Waals surface area (Å²) in [7, 11) is 0. The average molecular weight is 450 g/mol. The number of amides is 3. The number of aromatic hydroxyl groups is 1. The smallest absolute Gasteiger partial charge is 0.408 e. The fourth-order valence-corrected chi connectivity index (χ4v) is 3.18. The molecule has 3 amide bonds. The number of ether oxygens (including phenoxy) is 1. The van der Waals surface area contributed by atoms with Crippen LogP contribution in [-0.4, -0.2) is 51.1 Å². The number of alkyl carbamates (subject to hydrolysis) is 1. The van der Waals surface area contributed by atoms with E-state index in [-0.39, 0.29) is 11.8 Å². The van der Waals surface area contributed by atoms with Gasteiger partial charge in [0.05, 0.1) is 0 Å². The molecule has 1 aromatic carbocycles. The van der Waals surface area contributed by atoms with Crippen molar-refractivity contribution in [2.45, 2.75) is 98.0 Å². The number of phenolic OH excluding ortho intramolecular Hbond substituents is 1. The molecule has 0 fully saturated rings. The van der Waals surface area contributed by atoms with E-state index in [1.807, 2.05) is 34.6 Å². The maximum atomic E-state index is 13.7. The Hall–Kier alpha value is -2.77. The lowest BCUT2D eigenvalue weighted by Crippen LogP contribution is -2.59. The lowest BCUT2D eigenvalue weighted by Gasteiger charge is -2.44. The molecule has 0 aliphatic carbocycles. The predicted molar refractivity (Wildman–Crippen MR) is 124 cm³/mol. The third-order valence-corrected chi connectivity index (χ3v) is 5.03. The summed E-state index contributed by atoms with van der Waals surface area (Å²) in [5, 5.41) is 16.0. The molecule has 0 saturated carbocycles. The molecule has 8 heteroatoms. The molecule has 0 aliphatic rings. The first-order valence-electron chi connectivity index (χ1n) is 11.0. The maximum Gasteiger partial charge on any atom is 0.408 e. The zero-order valence-electron chi connectivity index (χ0n) is 20.8. The van der Waals surface area contributed by atoms with E-state index in [1.54, 1.807) is 45.9 Å². The van der Waals surface area contributed by atoms with Crippen molar-refractivity contribution in [1.29, 1.82) is 0 Å². The Morgan fingerprint density at radius 1 is 1.03 bits per heavy atom. The Bertz CT molecular complexity index is 814. The average Bonchev–Trinajstić information content (AvgIpc) is 2.63. The third kappa shape index (κ3) is 7.43. The molecule has 0 bridgehead atoms. The molecule has 2 atom stereocenters. The minimum Gasteiger partial charge on any atom is -0.508 e. The first-order valence-corrected chi connectivity index (χ1v) is 11.0. The van der Waals surface area contributed by atoms with E-state index in [0.29, 0.717) is 12.0 Å². The number of nitrogens with zero attached hydrogens (tertiary/aromatic N) is 1. The van der Waals surface area contributed by atoms with Crippen LogP contribution in [-0.2, 0) is 14.3 Å². The van der Waals surface area contributed by atoms with Gasteiger partial charge in [-0.15, -0.1) is 0 Å². The van der Waals surface area contributed by atoms with Crippen molar-refractivity contribution < 1.29 is 24.2 Å². The van der Waals surface area contributed by atoms with Crippen LogP contribution >= 0.6 is 0 Å². The lowest BCUT2D eigenvalue weighted by molar-refractivity contribution is -0.149. The van der Waals surface area contributed by atoms with Gasteiger partial charge in [-0.1, -0.05) is 25.1 Å². The molecule has 180 valence electrons. The third-order valence-electron chi connectivity index (χ3n) is 5.03. The van der Waals surface area contributed by atoms with Crippen molar-refractivity contribution in [2.75, 3.05) is 0 Å². The van der Waals surface area contributed by atoms with Gasteiger partial charge in [0.25, 0.3) is 0 Å². The number of rotatable bonds is 8. The van der Waals surface area contributed by atoms with E-state index in [1.165, 1.54) is 11.0 Å². The van der Waals surface area contributed by atoms with Gasteiger partial charge >= 0.3 is 6.09 Å². The molecule has 2 unspecified atom stereocenters. The molecular formula is C24H39N3O5. The van der Waals surface area contributed by atoms with Gasteiger partial charge in [0.1, 0.15) is 23.4 Å². The van der Waals surface area contributed by atoms with Crippen LogP contribution < -0.4 is 10.6 Å². The van der Waals surface area contributed by atoms with E-state index in [4.69, 9.17) is 4.74 Å². The molecule has 3 N–H and O–H groups in total. The number of hydrogen-bond acceptors (Lipinski definition) is 5. The van der Waals surface area contributed by atoms with E-state index in [9.17, 15) is 19.5 Å². The van der Waals surface area contributed by atoms with E-state index in [0.717, 1.165) is 0 Å². The number of hydrogen-bond donors (Lipinski definition) is 3. The Morgan fingerprint density at radius 3 is 2.06 bits per heavy atom. The molecule has 32 heavy (non-hydrogen) atoms. The van der Waals surface area contributed by atoms with Crippen molar-refractivity contribution in [3.05, 3.63) is 29.8 Å². The van der Waals surface area contributed by atoms with Gasteiger partial charge in [-0.25, -0.2) is 4.79 Å². The van der Waals surface area contributed by atoms with Gasteiger partial charge in [-0.05, 0) is 67.9 Å². The normalized spacial score (nSPS) is 13.8. The van der Waals surface area contributed by atoms with Crippen LogP contribution in [0.1, 0.15) is 80.3 Å². The van der Waals surface area contributed by atoms with Crippen molar-refractivity contribution in [1.82, 2.24) is 15.5 Å². The first kappa shape index (κ1) is 27.3. The molecule has 0 heterocycles. The molecule has 0 aromatic heterocycles. The van der Waals surface area contributed by atoms with Crippen LogP contribution in [0.3, 0.4) is 0 Å². The summed E-state index contributed by atoms with van der Waals surface area (Å²) in [4.78, 5) is 40.7. The van der Waals surface area contributed by atoms with Crippen molar-refractivity contribution in [2.24, 2.45) is 0 Å². The van der Waals surface area contributed by atoms with Gasteiger partial charge in [-0.2, -0.15) is 0 Å². The summed E-state index contributed by atoms with van der Waals surface area (Å²) >= 11 is 0. The van der Waals surface area contributed by atoms with Crippen molar-refractivity contribution in [3.63, 3.8) is 0 Å². The largest absolute Gasteiger partial charge is 0.508 e. The molecule has 1 rings (SSSR count). The molecule has 0 radical (unpaired) electrons. The number of para-hydroxylation sites is 1. The van der Waals surface area contributed by atoms with Crippen LogP contribution in [0.15, 0.2) is 24.3 Å². The molecule has 1 aromatic rings. The number of benzene rings is 1. The summed E-state index contributed by atoms with van der Waals surface area (Å²) < 4.78 is 5.27. The minimum atomic E-state index is -1.09. The molecule has 0 saturated heterocycles.